The van der Waals surface area contributed by atoms with Crippen LogP contribution in [0.3, 0.4) is 0 Å². The fraction of sp³-hybridized carbons (Fsp3) is 0.533. The largest absolute Gasteiger partial charge is 0.370 e. The molecule has 1 unspecified atom stereocenters. The van der Waals surface area contributed by atoms with Crippen LogP contribution in [0.4, 0.5) is 5.69 Å². The molecule has 1 aromatic carbocycles. The van der Waals surface area contributed by atoms with Gasteiger partial charge in [0.1, 0.15) is 6.29 Å². The minimum absolute atomic E-state index is 0.202. The summed E-state index contributed by atoms with van der Waals surface area (Å²) >= 11 is 0. The molecule has 0 aromatic heterocycles. The van der Waals surface area contributed by atoms with Gasteiger partial charge in [-0.2, -0.15) is 0 Å². The maximum atomic E-state index is 11.3. The summed E-state index contributed by atoms with van der Waals surface area (Å²) in [5, 5.41) is 0. The van der Waals surface area contributed by atoms with Gasteiger partial charge in [-0.1, -0.05) is 38.5 Å². The first-order valence-electron chi connectivity index (χ1n) is 6.48. The molecule has 1 heterocycles. The lowest BCUT2D eigenvalue weighted by Gasteiger charge is -2.30. The van der Waals surface area contributed by atoms with E-state index in [1.165, 1.54) is 11.3 Å². The second-order valence-electron chi connectivity index (χ2n) is 5.32. The summed E-state index contributed by atoms with van der Waals surface area (Å²) in [5.41, 5.74) is 2.53. The van der Waals surface area contributed by atoms with Crippen molar-refractivity contribution in [1.29, 1.82) is 0 Å². The smallest absolute Gasteiger partial charge is 0.127 e. The van der Waals surface area contributed by atoms with Crippen molar-refractivity contribution in [2.45, 2.75) is 33.1 Å². The fourth-order valence-electron chi connectivity index (χ4n) is 2.75. The molecule has 0 radical (unpaired) electrons. The van der Waals surface area contributed by atoms with Gasteiger partial charge in [0.2, 0.25) is 0 Å². The van der Waals surface area contributed by atoms with Gasteiger partial charge in [-0.15, -0.1) is 0 Å². The third-order valence-corrected chi connectivity index (χ3v) is 3.64. The van der Waals surface area contributed by atoms with E-state index in [0.717, 1.165) is 38.6 Å². The van der Waals surface area contributed by atoms with Crippen molar-refractivity contribution in [2.75, 3.05) is 18.0 Å². The summed E-state index contributed by atoms with van der Waals surface area (Å²) < 4.78 is 0. The SMILES string of the molecule is CCCC(C)(C=O)CN1CCc2ccccc21. The number of carbonyl (C=O) groups excluding carboxylic acids is 1. The van der Waals surface area contributed by atoms with Crippen LogP contribution in [-0.4, -0.2) is 19.4 Å². The van der Waals surface area contributed by atoms with Gasteiger partial charge in [0.15, 0.2) is 0 Å². The van der Waals surface area contributed by atoms with Crippen molar-refractivity contribution in [1.82, 2.24) is 0 Å². The van der Waals surface area contributed by atoms with Crippen molar-refractivity contribution in [2.24, 2.45) is 5.41 Å². The van der Waals surface area contributed by atoms with E-state index in [9.17, 15) is 4.79 Å². The molecule has 1 atom stereocenters. The Morgan fingerprint density at radius 2 is 2.18 bits per heavy atom. The zero-order valence-corrected chi connectivity index (χ0v) is 10.8. The number of nitrogens with zero attached hydrogens (tertiary/aromatic N) is 1. The molecule has 2 rings (SSSR count). The number of anilines is 1. The molecule has 0 aliphatic carbocycles. The quantitative estimate of drug-likeness (QED) is 0.726. The van der Waals surface area contributed by atoms with Gasteiger partial charge in [-0.05, 0) is 24.5 Å². The molecule has 1 aromatic rings. The maximum Gasteiger partial charge on any atom is 0.127 e. The number of hydrogen-bond donors (Lipinski definition) is 0. The number of hydrogen-bond acceptors (Lipinski definition) is 2. The average Bonchev–Trinajstić information content (AvgIpc) is 2.73. The average molecular weight is 231 g/mol. The summed E-state index contributed by atoms with van der Waals surface area (Å²) in [5.74, 6) is 0. The van der Waals surface area contributed by atoms with Crippen LogP contribution >= 0.6 is 0 Å². The zero-order valence-electron chi connectivity index (χ0n) is 10.8. The van der Waals surface area contributed by atoms with E-state index < -0.39 is 0 Å². The minimum atomic E-state index is -0.202. The van der Waals surface area contributed by atoms with Gasteiger partial charge in [0, 0.05) is 24.2 Å². The van der Waals surface area contributed by atoms with E-state index in [4.69, 9.17) is 0 Å². The van der Waals surface area contributed by atoms with E-state index in [-0.39, 0.29) is 5.41 Å². The first-order valence-corrected chi connectivity index (χ1v) is 6.48. The third-order valence-electron chi connectivity index (χ3n) is 3.64. The lowest BCUT2D eigenvalue weighted by molar-refractivity contribution is -0.115. The maximum absolute atomic E-state index is 11.3. The van der Waals surface area contributed by atoms with Gasteiger partial charge in [0.25, 0.3) is 0 Å². The Balaban J connectivity index is 2.13. The monoisotopic (exact) mass is 231 g/mol. The molecule has 2 heteroatoms. The Kier molecular flexibility index (Phi) is 3.51. The van der Waals surface area contributed by atoms with Crippen LogP contribution < -0.4 is 4.90 Å². The summed E-state index contributed by atoms with van der Waals surface area (Å²) in [6, 6.07) is 8.52. The predicted molar refractivity (Wildman–Crippen MR) is 71.4 cm³/mol. The molecule has 1 aliphatic rings. The molecule has 92 valence electrons. The number of rotatable bonds is 5. The zero-order chi connectivity index (χ0) is 12.3. The first-order chi connectivity index (χ1) is 8.18. The normalized spacial score (nSPS) is 17.6. The molecule has 0 spiro atoms. The highest BCUT2D eigenvalue weighted by Crippen LogP contribution is 2.31. The fourth-order valence-corrected chi connectivity index (χ4v) is 2.75. The van der Waals surface area contributed by atoms with Gasteiger partial charge in [-0.3, -0.25) is 0 Å². The Hall–Kier alpha value is -1.31. The van der Waals surface area contributed by atoms with Gasteiger partial charge in [-0.25, -0.2) is 0 Å². The highest BCUT2D eigenvalue weighted by atomic mass is 16.1. The molecule has 17 heavy (non-hydrogen) atoms. The first kappa shape index (κ1) is 12.2. The number of carbonyl (C=O) groups is 1. The van der Waals surface area contributed by atoms with Crippen LogP contribution in [0.2, 0.25) is 0 Å². The molecule has 0 amide bonds. The number of benzene rings is 1. The van der Waals surface area contributed by atoms with Crippen LogP contribution in [0.5, 0.6) is 0 Å². The lowest BCUT2D eigenvalue weighted by Crippen LogP contribution is -2.36. The molecular formula is C15H21NO. The molecular weight excluding hydrogens is 210 g/mol. The topological polar surface area (TPSA) is 20.3 Å². The molecule has 0 N–H and O–H groups in total. The number of para-hydroxylation sites is 1. The Morgan fingerprint density at radius 1 is 1.41 bits per heavy atom. The second kappa shape index (κ2) is 4.91. The van der Waals surface area contributed by atoms with Crippen LogP contribution in [0.25, 0.3) is 0 Å². The second-order valence-corrected chi connectivity index (χ2v) is 5.32. The van der Waals surface area contributed by atoms with Crippen LogP contribution in [0.15, 0.2) is 24.3 Å². The predicted octanol–water partition coefficient (Wildman–Crippen LogP) is 3.05. The molecule has 1 aliphatic heterocycles. The summed E-state index contributed by atoms with van der Waals surface area (Å²) in [6.45, 7) is 6.11. The van der Waals surface area contributed by atoms with E-state index in [0.29, 0.717) is 0 Å². The van der Waals surface area contributed by atoms with Crippen molar-refractivity contribution in [3.63, 3.8) is 0 Å². The highest BCUT2D eigenvalue weighted by molar-refractivity contribution is 5.63. The molecule has 0 saturated heterocycles. The van der Waals surface area contributed by atoms with E-state index in [1.54, 1.807) is 0 Å². The van der Waals surface area contributed by atoms with Gasteiger partial charge < -0.3 is 9.69 Å². The standard InChI is InChI=1S/C15H21NO/c1-3-9-15(2,12-17)11-16-10-8-13-6-4-5-7-14(13)16/h4-7,12H,3,8-11H2,1-2H3. The van der Waals surface area contributed by atoms with Crippen LogP contribution in [0, 0.1) is 5.41 Å². The third kappa shape index (κ3) is 2.51. The van der Waals surface area contributed by atoms with Crippen molar-refractivity contribution >= 4 is 12.0 Å². The van der Waals surface area contributed by atoms with E-state index in [1.807, 2.05) is 0 Å². The van der Waals surface area contributed by atoms with Crippen molar-refractivity contribution < 1.29 is 4.79 Å². The Labute approximate surface area is 104 Å². The summed E-state index contributed by atoms with van der Waals surface area (Å²) in [4.78, 5) is 13.7. The number of aldehydes is 1. The molecule has 2 nitrogen and oxygen atoms in total. The highest BCUT2D eigenvalue weighted by Gasteiger charge is 2.28. The van der Waals surface area contributed by atoms with Crippen molar-refractivity contribution in [3.8, 4) is 0 Å². The Bertz CT molecular complexity index is 402. The molecule has 0 fully saturated rings. The molecule has 0 saturated carbocycles. The van der Waals surface area contributed by atoms with Crippen LogP contribution in [-0.2, 0) is 11.2 Å². The minimum Gasteiger partial charge on any atom is -0.370 e. The van der Waals surface area contributed by atoms with Crippen molar-refractivity contribution in [3.05, 3.63) is 29.8 Å². The summed E-state index contributed by atoms with van der Waals surface area (Å²) in [6.07, 6.45) is 4.27. The number of fused-ring (bicyclic) bond motifs is 1. The Morgan fingerprint density at radius 3 is 2.88 bits per heavy atom. The summed E-state index contributed by atoms with van der Waals surface area (Å²) in [7, 11) is 0. The van der Waals surface area contributed by atoms with E-state index >= 15 is 0 Å². The van der Waals surface area contributed by atoms with E-state index in [2.05, 4.69) is 43.0 Å². The molecule has 0 bridgehead atoms. The van der Waals surface area contributed by atoms with Gasteiger partial charge >= 0.3 is 0 Å². The lowest BCUT2D eigenvalue weighted by atomic mass is 9.87. The van der Waals surface area contributed by atoms with Gasteiger partial charge in [0.05, 0.1) is 0 Å². The van der Waals surface area contributed by atoms with Crippen LogP contribution in [0.1, 0.15) is 32.3 Å².